The van der Waals surface area contributed by atoms with Crippen LogP contribution in [-0.2, 0) is 0 Å². The summed E-state index contributed by atoms with van der Waals surface area (Å²) in [4.78, 5) is 18.0. The number of carbonyl (C=O) groups is 1. The van der Waals surface area contributed by atoms with Gasteiger partial charge in [0.1, 0.15) is 12.1 Å². The standard InChI is InChI=1S/C16H14N2O2S/c1-20-15-9-11(21-2)7-8-12(15)16(19)18-10-17-13-5-3-4-6-14(13)18/h3-10H,1-2H3. The maximum Gasteiger partial charge on any atom is 0.267 e. The SMILES string of the molecule is COc1cc(SC)ccc1C(=O)n1cnc2ccccc21. The van der Waals surface area contributed by atoms with Gasteiger partial charge in [0.05, 0.1) is 23.7 Å². The van der Waals surface area contributed by atoms with Gasteiger partial charge in [0.15, 0.2) is 0 Å². The van der Waals surface area contributed by atoms with E-state index >= 15 is 0 Å². The van der Waals surface area contributed by atoms with Gasteiger partial charge in [-0.1, -0.05) is 12.1 Å². The Morgan fingerprint density at radius 3 is 2.81 bits per heavy atom. The summed E-state index contributed by atoms with van der Waals surface area (Å²) in [7, 11) is 1.57. The second-order valence-electron chi connectivity index (χ2n) is 4.47. The van der Waals surface area contributed by atoms with Crippen molar-refractivity contribution in [2.24, 2.45) is 0 Å². The molecular formula is C16H14N2O2S. The van der Waals surface area contributed by atoms with Gasteiger partial charge in [-0.3, -0.25) is 9.36 Å². The molecule has 0 fully saturated rings. The van der Waals surface area contributed by atoms with E-state index < -0.39 is 0 Å². The molecule has 0 atom stereocenters. The number of methoxy groups -OCH3 is 1. The van der Waals surface area contributed by atoms with Crippen molar-refractivity contribution in [1.82, 2.24) is 9.55 Å². The molecule has 0 aliphatic rings. The molecule has 0 saturated heterocycles. The van der Waals surface area contributed by atoms with Crippen molar-refractivity contribution in [3.8, 4) is 5.75 Å². The van der Waals surface area contributed by atoms with Crippen LogP contribution in [0.2, 0.25) is 0 Å². The second-order valence-corrected chi connectivity index (χ2v) is 5.35. The average molecular weight is 298 g/mol. The van der Waals surface area contributed by atoms with E-state index in [0.717, 1.165) is 15.9 Å². The van der Waals surface area contributed by atoms with E-state index in [4.69, 9.17) is 4.74 Å². The Morgan fingerprint density at radius 1 is 1.24 bits per heavy atom. The van der Waals surface area contributed by atoms with Crippen LogP contribution in [0.15, 0.2) is 53.7 Å². The number of fused-ring (bicyclic) bond motifs is 1. The quantitative estimate of drug-likeness (QED) is 0.695. The molecule has 5 heteroatoms. The molecule has 0 aliphatic heterocycles. The van der Waals surface area contributed by atoms with Crippen molar-refractivity contribution < 1.29 is 9.53 Å². The van der Waals surface area contributed by atoms with Gasteiger partial charge in [0.2, 0.25) is 0 Å². The summed E-state index contributed by atoms with van der Waals surface area (Å²) in [5.41, 5.74) is 2.11. The first-order valence-electron chi connectivity index (χ1n) is 6.43. The Balaban J connectivity index is 2.10. The van der Waals surface area contributed by atoms with Crippen LogP contribution in [0.5, 0.6) is 5.75 Å². The number of hydrogen-bond acceptors (Lipinski definition) is 4. The van der Waals surface area contributed by atoms with Crippen molar-refractivity contribution in [2.75, 3.05) is 13.4 Å². The molecule has 3 rings (SSSR count). The van der Waals surface area contributed by atoms with Crippen LogP contribution in [0, 0.1) is 0 Å². The van der Waals surface area contributed by atoms with Gasteiger partial charge < -0.3 is 4.74 Å². The van der Waals surface area contributed by atoms with Crippen LogP contribution in [-0.4, -0.2) is 28.8 Å². The van der Waals surface area contributed by atoms with Gasteiger partial charge in [-0.05, 0) is 36.6 Å². The number of ether oxygens (including phenoxy) is 1. The fourth-order valence-corrected chi connectivity index (χ4v) is 2.65. The summed E-state index contributed by atoms with van der Waals surface area (Å²) in [5, 5.41) is 0. The molecule has 0 unspecified atom stereocenters. The lowest BCUT2D eigenvalue weighted by atomic mass is 10.2. The lowest BCUT2D eigenvalue weighted by Crippen LogP contribution is -2.12. The number of benzene rings is 2. The van der Waals surface area contributed by atoms with Crippen molar-refractivity contribution in [1.29, 1.82) is 0 Å². The average Bonchev–Trinajstić information content (AvgIpc) is 2.97. The Kier molecular flexibility index (Phi) is 3.66. The van der Waals surface area contributed by atoms with E-state index in [9.17, 15) is 4.79 Å². The van der Waals surface area contributed by atoms with E-state index in [1.165, 1.54) is 0 Å². The van der Waals surface area contributed by atoms with Crippen LogP contribution < -0.4 is 4.74 Å². The highest BCUT2D eigenvalue weighted by molar-refractivity contribution is 7.98. The summed E-state index contributed by atoms with van der Waals surface area (Å²) < 4.78 is 6.90. The molecule has 0 N–H and O–H groups in total. The highest BCUT2D eigenvalue weighted by Crippen LogP contribution is 2.26. The molecule has 1 aromatic heterocycles. The second kappa shape index (κ2) is 5.61. The first-order valence-corrected chi connectivity index (χ1v) is 7.66. The van der Waals surface area contributed by atoms with E-state index in [0.29, 0.717) is 11.3 Å². The largest absolute Gasteiger partial charge is 0.496 e. The number of imidazole rings is 1. The molecule has 106 valence electrons. The Bertz CT molecular complexity index is 811. The Morgan fingerprint density at radius 2 is 2.05 bits per heavy atom. The topological polar surface area (TPSA) is 44.1 Å². The van der Waals surface area contributed by atoms with Gasteiger partial charge in [-0.25, -0.2) is 4.98 Å². The molecule has 0 aliphatic carbocycles. The van der Waals surface area contributed by atoms with Crippen LogP contribution >= 0.6 is 11.8 Å². The first-order chi connectivity index (χ1) is 10.2. The molecule has 1 heterocycles. The molecule has 0 spiro atoms. The lowest BCUT2D eigenvalue weighted by Gasteiger charge is -2.10. The van der Waals surface area contributed by atoms with Crippen molar-refractivity contribution in [3.05, 3.63) is 54.4 Å². The number of carbonyl (C=O) groups excluding carboxylic acids is 1. The van der Waals surface area contributed by atoms with Crippen molar-refractivity contribution in [2.45, 2.75) is 4.90 Å². The number of rotatable bonds is 3. The third-order valence-corrected chi connectivity index (χ3v) is 4.04. The zero-order chi connectivity index (χ0) is 14.8. The molecule has 2 aromatic carbocycles. The summed E-state index contributed by atoms with van der Waals surface area (Å²) in [6.45, 7) is 0. The van der Waals surface area contributed by atoms with E-state index in [1.54, 1.807) is 35.8 Å². The zero-order valence-electron chi connectivity index (χ0n) is 11.7. The third-order valence-electron chi connectivity index (χ3n) is 3.31. The maximum absolute atomic E-state index is 12.7. The Labute approximate surface area is 126 Å². The van der Waals surface area contributed by atoms with Crippen LogP contribution in [0.3, 0.4) is 0 Å². The predicted molar refractivity (Wildman–Crippen MR) is 84.2 cm³/mol. The Hall–Kier alpha value is -2.27. The van der Waals surface area contributed by atoms with Gasteiger partial charge in [0.25, 0.3) is 5.91 Å². The van der Waals surface area contributed by atoms with Gasteiger partial charge in [0, 0.05) is 4.90 Å². The monoisotopic (exact) mass is 298 g/mol. The number of thioether (sulfide) groups is 1. The van der Waals surface area contributed by atoms with Crippen LogP contribution in [0.4, 0.5) is 0 Å². The highest BCUT2D eigenvalue weighted by Gasteiger charge is 2.17. The summed E-state index contributed by atoms with van der Waals surface area (Å²) in [5.74, 6) is 0.429. The highest BCUT2D eigenvalue weighted by atomic mass is 32.2. The molecule has 0 amide bonds. The predicted octanol–water partition coefficient (Wildman–Crippen LogP) is 3.46. The molecule has 0 saturated carbocycles. The minimum absolute atomic E-state index is 0.145. The van der Waals surface area contributed by atoms with Gasteiger partial charge in [-0.15, -0.1) is 11.8 Å². The molecule has 3 aromatic rings. The molecule has 21 heavy (non-hydrogen) atoms. The van der Waals surface area contributed by atoms with Crippen molar-refractivity contribution in [3.63, 3.8) is 0 Å². The smallest absolute Gasteiger partial charge is 0.267 e. The number of nitrogens with zero attached hydrogens (tertiary/aromatic N) is 2. The third kappa shape index (κ3) is 2.40. The fraction of sp³-hybridized carbons (Fsp3) is 0.125. The summed E-state index contributed by atoms with van der Waals surface area (Å²) >= 11 is 1.61. The van der Waals surface area contributed by atoms with Gasteiger partial charge >= 0.3 is 0 Å². The van der Waals surface area contributed by atoms with E-state index in [-0.39, 0.29) is 5.91 Å². The molecular weight excluding hydrogens is 284 g/mol. The van der Waals surface area contributed by atoms with Crippen molar-refractivity contribution >= 4 is 28.7 Å². The van der Waals surface area contributed by atoms with E-state index in [2.05, 4.69) is 4.98 Å². The normalized spacial score (nSPS) is 10.8. The number of para-hydroxylation sites is 2. The van der Waals surface area contributed by atoms with Gasteiger partial charge in [-0.2, -0.15) is 0 Å². The number of aromatic nitrogens is 2. The maximum atomic E-state index is 12.7. The minimum atomic E-state index is -0.145. The minimum Gasteiger partial charge on any atom is -0.496 e. The molecule has 0 radical (unpaired) electrons. The van der Waals surface area contributed by atoms with Crippen LogP contribution in [0.1, 0.15) is 10.4 Å². The van der Waals surface area contributed by atoms with Crippen LogP contribution in [0.25, 0.3) is 11.0 Å². The molecule has 0 bridgehead atoms. The zero-order valence-corrected chi connectivity index (χ0v) is 12.6. The summed E-state index contributed by atoms with van der Waals surface area (Å²) in [6, 6.07) is 13.1. The van der Waals surface area contributed by atoms with E-state index in [1.807, 2.05) is 42.7 Å². The first kappa shape index (κ1) is 13.7. The fourth-order valence-electron chi connectivity index (χ4n) is 2.23. The molecule has 4 nitrogen and oxygen atoms in total. The lowest BCUT2D eigenvalue weighted by molar-refractivity contribution is 0.0961. The number of hydrogen-bond donors (Lipinski definition) is 0. The summed E-state index contributed by atoms with van der Waals surface area (Å²) in [6.07, 6.45) is 3.54.